The van der Waals surface area contributed by atoms with Crippen LogP contribution in [0.4, 0.5) is 14.5 Å². The van der Waals surface area contributed by atoms with E-state index < -0.39 is 17.4 Å². The molecule has 88 valence electrons. The predicted octanol–water partition coefficient (Wildman–Crippen LogP) is 2.59. The van der Waals surface area contributed by atoms with Crippen molar-refractivity contribution in [1.82, 2.24) is 0 Å². The first kappa shape index (κ1) is 12.7. The SMILES string of the molecule is CCOc1c(F)ccc(N=C(N)CCl)c1F. The number of amidine groups is 1. The highest BCUT2D eigenvalue weighted by atomic mass is 35.5. The van der Waals surface area contributed by atoms with Crippen LogP contribution in [0.15, 0.2) is 17.1 Å². The highest BCUT2D eigenvalue weighted by molar-refractivity contribution is 6.28. The average molecular weight is 249 g/mol. The first-order chi connectivity index (χ1) is 7.60. The molecular weight excluding hydrogens is 238 g/mol. The minimum Gasteiger partial charge on any atom is -0.488 e. The van der Waals surface area contributed by atoms with E-state index in [1.165, 1.54) is 6.07 Å². The Morgan fingerprint density at radius 3 is 2.75 bits per heavy atom. The lowest BCUT2D eigenvalue weighted by Gasteiger charge is -2.07. The molecule has 0 saturated heterocycles. The number of rotatable bonds is 4. The Morgan fingerprint density at radius 1 is 1.50 bits per heavy atom. The fourth-order valence-corrected chi connectivity index (χ4v) is 1.13. The van der Waals surface area contributed by atoms with Crippen LogP contribution in [0.25, 0.3) is 0 Å². The lowest BCUT2D eigenvalue weighted by Crippen LogP contribution is -2.12. The molecule has 0 bridgehead atoms. The van der Waals surface area contributed by atoms with Crippen molar-refractivity contribution < 1.29 is 13.5 Å². The zero-order chi connectivity index (χ0) is 12.1. The summed E-state index contributed by atoms with van der Waals surface area (Å²) >= 11 is 5.40. The number of nitrogens with two attached hydrogens (primary N) is 1. The lowest BCUT2D eigenvalue weighted by atomic mass is 10.2. The van der Waals surface area contributed by atoms with E-state index in [1.54, 1.807) is 6.92 Å². The highest BCUT2D eigenvalue weighted by Crippen LogP contribution is 2.29. The van der Waals surface area contributed by atoms with Crippen LogP contribution in [0.2, 0.25) is 0 Å². The van der Waals surface area contributed by atoms with Crippen LogP contribution in [0.1, 0.15) is 6.92 Å². The van der Waals surface area contributed by atoms with Gasteiger partial charge in [-0.15, -0.1) is 11.6 Å². The summed E-state index contributed by atoms with van der Waals surface area (Å²) in [5, 5.41) is 0. The van der Waals surface area contributed by atoms with Gasteiger partial charge in [0.2, 0.25) is 0 Å². The second-order valence-corrected chi connectivity index (χ2v) is 3.15. The van der Waals surface area contributed by atoms with Crippen molar-refractivity contribution in [2.45, 2.75) is 6.92 Å². The maximum Gasteiger partial charge on any atom is 0.193 e. The average Bonchev–Trinajstić information content (AvgIpc) is 2.28. The molecule has 0 amide bonds. The van der Waals surface area contributed by atoms with Gasteiger partial charge in [-0.3, -0.25) is 0 Å². The Morgan fingerprint density at radius 2 is 2.19 bits per heavy atom. The van der Waals surface area contributed by atoms with Crippen LogP contribution in [0.3, 0.4) is 0 Å². The minimum atomic E-state index is -0.880. The molecule has 3 nitrogen and oxygen atoms in total. The Bertz CT molecular complexity index is 410. The number of hydrogen-bond donors (Lipinski definition) is 1. The van der Waals surface area contributed by atoms with Gasteiger partial charge >= 0.3 is 0 Å². The molecular formula is C10H11ClF2N2O. The standard InChI is InChI=1S/C10H11ClF2N2O/c1-2-16-10-6(12)3-4-7(9(10)13)15-8(14)5-11/h3-4H,2,5H2,1H3,(H2,14,15). The van der Waals surface area contributed by atoms with E-state index in [0.29, 0.717) is 0 Å². The Labute approximate surface area is 96.9 Å². The van der Waals surface area contributed by atoms with Gasteiger partial charge in [0.1, 0.15) is 11.5 Å². The van der Waals surface area contributed by atoms with Gasteiger partial charge in [-0.05, 0) is 19.1 Å². The topological polar surface area (TPSA) is 47.6 Å². The molecule has 0 fully saturated rings. The largest absolute Gasteiger partial charge is 0.488 e. The van der Waals surface area contributed by atoms with E-state index in [2.05, 4.69) is 4.99 Å². The van der Waals surface area contributed by atoms with Gasteiger partial charge in [-0.1, -0.05) is 0 Å². The summed E-state index contributed by atoms with van der Waals surface area (Å²) in [5.74, 6) is -2.08. The van der Waals surface area contributed by atoms with Gasteiger partial charge in [0.15, 0.2) is 17.4 Å². The smallest absolute Gasteiger partial charge is 0.193 e. The summed E-state index contributed by atoms with van der Waals surface area (Å²) in [6, 6.07) is 2.24. The molecule has 0 aromatic heterocycles. The third-order valence-corrected chi connectivity index (χ3v) is 1.99. The number of aliphatic imine (C=N–C) groups is 1. The molecule has 0 unspecified atom stereocenters. The Hall–Kier alpha value is -1.36. The van der Waals surface area contributed by atoms with Gasteiger partial charge in [-0.2, -0.15) is 0 Å². The maximum atomic E-state index is 13.6. The molecule has 16 heavy (non-hydrogen) atoms. The molecule has 1 aromatic carbocycles. The summed E-state index contributed by atoms with van der Waals surface area (Å²) in [6.07, 6.45) is 0. The van der Waals surface area contributed by atoms with Crippen LogP contribution in [0.5, 0.6) is 5.75 Å². The maximum absolute atomic E-state index is 13.6. The van der Waals surface area contributed by atoms with Crippen molar-refractivity contribution in [1.29, 1.82) is 0 Å². The second-order valence-electron chi connectivity index (χ2n) is 2.88. The molecule has 0 aliphatic rings. The molecule has 1 aromatic rings. The zero-order valence-corrected chi connectivity index (χ0v) is 9.39. The number of nitrogens with zero attached hydrogens (tertiary/aromatic N) is 1. The van der Waals surface area contributed by atoms with Crippen molar-refractivity contribution >= 4 is 23.1 Å². The van der Waals surface area contributed by atoms with Crippen molar-refractivity contribution in [2.75, 3.05) is 12.5 Å². The first-order valence-corrected chi connectivity index (χ1v) is 5.13. The van der Waals surface area contributed by atoms with Crippen LogP contribution < -0.4 is 10.5 Å². The molecule has 2 N–H and O–H groups in total. The number of benzene rings is 1. The van der Waals surface area contributed by atoms with Crippen LogP contribution >= 0.6 is 11.6 Å². The van der Waals surface area contributed by atoms with E-state index in [1.807, 2.05) is 0 Å². The van der Waals surface area contributed by atoms with Crippen molar-refractivity contribution in [3.05, 3.63) is 23.8 Å². The lowest BCUT2D eigenvalue weighted by molar-refractivity contribution is 0.303. The van der Waals surface area contributed by atoms with Crippen molar-refractivity contribution in [3.8, 4) is 5.75 Å². The second kappa shape index (κ2) is 5.65. The summed E-state index contributed by atoms with van der Waals surface area (Å²) in [6.45, 7) is 1.79. The van der Waals surface area contributed by atoms with Gasteiger partial charge in [-0.25, -0.2) is 13.8 Å². The van der Waals surface area contributed by atoms with E-state index >= 15 is 0 Å². The molecule has 0 radical (unpaired) electrons. The molecule has 0 atom stereocenters. The molecule has 0 aliphatic carbocycles. The zero-order valence-electron chi connectivity index (χ0n) is 8.64. The predicted molar refractivity (Wildman–Crippen MR) is 59.5 cm³/mol. The summed E-state index contributed by atoms with van der Waals surface area (Å²) in [7, 11) is 0. The summed E-state index contributed by atoms with van der Waals surface area (Å²) in [4.78, 5) is 3.70. The highest BCUT2D eigenvalue weighted by Gasteiger charge is 2.14. The minimum absolute atomic E-state index is 0.0270. The number of ether oxygens (including phenoxy) is 1. The molecule has 0 heterocycles. The van der Waals surface area contributed by atoms with E-state index in [9.17, 15) is 8.78 Å². The first-order valence-electron chi connectivity index (χ1n) is 4.60. The van der Waals surface area contributed by atoms with E-state index in [4.69, 9.17) is 22.1 Å². The number of hydrogen-bond acceptors (Lipinski definition) is 2. The van der Waals surface area contributed by atoms with Gasteiger partial charge in [0.05, 0.1) is 12.5 Å². The summed E-state index contributed by atoms with van der Waals surface area (Å²) in [5.41, 5.74) is 5.26. The monoisotopic (exact) mass is 248 g/mol. The Kier molecular flexibility index (Phi) is 4.49. The molecule has 6 heteroatoms. The molecule has 1 rings (SSSR count). The van der Waals surface area contributed by atoms with E-state index in [-0.39, 0.29) is 24.0 Å². The quantitative estimate of drug-likeness (QED) is 0.506. The Balaban J connectivity index is 3.18. The molecule has 0 aliphatic heterocycles. The van der Waals surface area contributed by atoms with Crippen molar-refractivity contribution in [3.63, 3.8) is 0 Å². The van der Waals surface area contributed by atoms with Crippen molar-refractivity contribution in [2.24, 2.45) is 10.7 Å². The number of alkyl halides is 1. The fraction of sp³-hybridized carbons (Fsp3) is 0.300. The van der Waals surface area contributed by atoms with Gasteiger partial charge in [0, 0.05) is 0 Å². The van der Waals surface area contributed by atoms with Crippen LogP contribution in [0, 0.1) is 11.6 Å². The van der Waals surface area contributed by atoms with Crippen LogP contribution in [-0.2, 0) is 0 Å². The third-order valence-electron chi connectivity index (χ3n) is 1.72. The summed E-state index contributed by atoms with van der Waals surface area (Å²) < 4.78 is 31.6. The van der Waals surface area contributed by atoms with Gasteiger partial charge < -0.3 is 10.5 Å². The molecule has 0 spiro atoms. The normalized spacial score (nSPS) is 11.6. The third kappa shape index (κ3) is 2.82. The van der Waals surface area contributed by atoms with Gasteiger partial charge in [0.25, 0.3) is 0 Å². The van der Waals surface area contributed by atoms with Crippen LogP contribution in [-0.4, -0.2) is 18.3 Å². The fourth-order valence-electron chi connectivity index (χ4n) is 1.07. The number of halogens is 3. The van der Waals surface area contributed by atoms with E-state index in [0.717, 1.165) is 6.07 Å². The molecule has 0 saturated carbocycles.